The molecule has 1 fully saturated rings. The van der Waals surface area contributed by atoms with Gasteiger partial charge in [-0.1, -0.05) is 0 Å². The van der Waals surface area contributed by atoms with Gasteiger partial charge >= 0.3 is 6.09 Å². The van der Waals surface area contributed by atoms with Crippen molar-refractivity contribution in [3.8, 4) is 6.07 Å². The molecular formula is C15H18N2O2. The van der Waals surface area contributed by atoms with Crippen LogP contribution in [0.25, 0.3) is 0 Å². The van der Waals surface area contributed by atoms with E-state index in [9.17, 15) is 4.79 Å². The summed E-state index contributed by atoms with van der Waals surface area (Å²) in [5, 5.41) is 11.7. The summed E-state index contributed by atoms with van der Waals surface area (Å²) >= 11 is 0. The molecule has 0 radical (unpaired) electrons. The summed E-state index contributed by atoms with van der Waals surface area (Å²) in [6.45, 7) is 5.48. The minimum absolute atomic E-state index is 0.457. The molecule has 2 rings (SSSR count). The molecule has 0 saturated heterocycles. The number of anilines is 1. The summed E-state index contributed by atoms with van der Waals surface area (Å²) in [7, 11) is 0. The number of amides is 1. The predicted octanol–water partition coefficient (Wildman–Crippen LogP) is 3.78. The number of benzene rings is 1. The third-order valence-corrected chi connectivity index (χ3v) is 2.83. The number of carbonyl (C=O) groups is 1. The first-order chi connectivity index (χ1) is 8.89. The zero-order valence-corrected chi connectivity index (χ0v) is 11.5. The van der Waals surface area contributed by atoms with Gasteiger partial charge in [-0.3, -0.25) is 5.32 Å². The normalized spacial score (nSPS) is 14.6. The van der Waals surface area contributed by atoms with Crippen molar-refractivity contribution in [2.75, 3.05) is 5.32 Å². The number of hydrogen-bond acceptors (Lipinski definition) is 3. The number of nitrogens with zero attached hydrogens (tertiary/aromatic N) is 1. The summed E-state index contributed by atoms with van der Waals surface area (Å²) in [6, 6.07) is 7.46. The molecule has 0 atom stereocenters. The predicted molar refractivity (Wildman–Crippen MR) is 73.0 cm³/mol. The standard InChI is InChI=1S/C15H18N2O2/c1-15(2,3)19-14(18)17-13-7-4-10(9-16)8-12(13)11-5-6-11/h4,7-8,11H,5-6H2,1-3H3,(H,17,18). The van der Waals surface area contributed by atoms with E-state index in [0.717, 1.165) is 24.1 Å². The van der Waals surface area contributed by atoms with E-state index < -0.39 is 11.7 Å². The van der Waals surface area contributed by atoms with Crippen LogP contribution in [0.3, 0.4) is 0 Å². The Morgan fingerprint density at radius 3 is 2.63 bits per heavy atom. The molecule has 0 bridgehead atoms. The summed E-state index contributed by atoms with van der Waals surface area (Å²) in [5.74, 6) is 0.457. The fraction of sp³-hybridized carbons (Fsp3) is 0.467. The highest BCUT2D eigenvalue weighted by Crippen LogP contribution is 2.43. The fourth-order valence-corrected chi connectivity index (χ4v) is 1.89. The van der Waals surface area contributed by atoms with Crippen LogP contribution < -0.4 is 5.32 Å². The third-order valence-electron chi connectivity index (χ3n) is 2.83. The van der Waals surface area contributed by atoms with Gasteiger partial charge in [-0.15, -0.1) is 0 Å². The second kappa shape index (κ2) is 4.93. The Labute approximate surface area is 113 Å². The molecule has 0 unspecified atom stereocenters. The third kappa shape index (κ3) is 3.72. The molecule has 1 N–H and O–H groups in total. The SMILES string of the molecule is CC(C)(C)OC(=O)Nc1ccc(C#N)cc1C1CC1. The van der Waals surface area contributed by atoms with Crippen LogP contribution in [0.2, 0.25) is 0 Å². The zero-order chi connectivity index (χ0) is 14.0. The molecule has 4 nitrogen and oxygen atoms in total. The summed E-state index contributed by atoms with van der Waals surface area (Å²) in [6.07, 6.45) is 1.76. The lowest BCUT2D eigenvalue weighted by Gasteiger charge is -2.20. The molecule has 100 valence electrons. The molecule has 0 heterocycles. The van der Waals surface area contributed by atoms with Crippen molar-refractivity contribution in [1.82, 2.24) is 0 Å². The van der Waals surface area contributed by atoms with Crippen LogP contribution in [0, 0.1) is 11.3 Å². The van der Waals surface area contributed by atoms with Crippen LogP contribution in [0.5, 0.6) is 0 Å². The monoisotopic (exact) mass is 258 g/mol. The Morgan fingerprint density at radius 1 is 1.42 bits per heavy atom. The van der Waals surface area contributed by atoms with Gasteiger partial charge in [-0.25, -0.2) is 4.79 Å². The minimum atomic E-state index is -0.517. The van der Waals surface area contributed by atoms with Gasteiger partial charge in [-0.2, -0.15) is 5.26 Å². The smallest absolute Gasteiger partial charge is 0.412 e. The van der Waals surface area contributed by atoms with Crippen LogP contribution >= 0.6 is 0 Å². The van der Waals surface area contributed by atoms with Gasteiger partial charge in [-0.05, 0) is 63.3 Å². The van der Waals surface area contributed by atoms with E-state index in [0.29, 0.717) is 11.5 Å². The maximum atomic E-state index is 11.8. The van der Waals surface area contributed by atoms with Crippen molar-refractivity contribution in [2.45, 2.75) is 45.1 Å². The second-order valence-corrected chi connectivity index (χ2v) is 5.81. The van der Waals surface area contributed by atoms with Gasteiger partial charge in [0.15, 0.2) is 0 Å². The highest BCUT2D eigenvalue weighted by Gasteiger charge is 2.27. The van der Waals surface area contributed by atoms with Gasteiger partial charge in [0.05, 0.1) is 11.6 Å². The molecule has 0 aromatic heterocycles. The highest BCUT2D eigenvalue weighted by atomic mass is 16.6. The fourth-order valence-electron chi connectivity index (χ4n) is 1.89. The summed E-state index contributed by atoms with van der Waals surface area (Å²) in [5.41, 5.74) is 1.88. The van der Waals surface area contributed by atoms with Gasteiger partial charge in [0, 0.05) is 5.69 Å². The molecule has 0 aliphatic heterocycles. The minimum Gasteiger partial charge on any atom is -0.444 e. The highest BCUT2D eigenvalue weighted by molar-refractivity contribution is 5.86. The van der Waals surface area contributed by atoms with Gasteiger partial charge in [0.1, 0.15) is 5.60 Å². The van der Waals surface area contributed by atoms with Crippen molar-refractivity contribution < 1.29 is 9.53 Å². The van der Waals surface area contributed by atoms with Gasteiger partial charge < -0.3 is 4.74 Å². The van der Waals surface area contributed by atoms with Crippen LogP contribution in [0.15, 0.2) is 18.2 Å². The summed E-state index contributed by atoms with van der Waals surface area (Å²) < 4.78 is 5.24. The second-order valence-electron chi connectivity index (χ2n) is 5.81. The zero-order valence-electron chi connectivity index (χ0n) is 11.5. The Kier molecular flexibility index (Phi) is 3.48. The van der Waals surface area contributed by atoms with E-state index in [1.165, 1.54) is 0 Å². The lowest BCUT2D eigenvalue weighted by Crippen LogP contribution is -2.27. The lowest BCUT2D eigenvalue weighted by molar-refractivity contribution is 0.0636. The Bertz CT molecular complexity index is 534. The number of ether oxygens (including phenoxy) is 1. The van der Waals surface area contributed by atoms with E-state index in [1.807, 2.05) is 26.8 Å². The van der Waals surface area contributed by atoms with Crippen molar-refractivity contribution in [3.05, 3.63) is 29.3 Å². The van der Waals surface area contributed by atoms with Crippen molar-refractivity contribution in [1.29, 1.82) is 5.26 Å². The molecule has 1 saturated carbocycles. The first-order valence-electron chi connectivity index (χ1n) is 6.43. The number of carbonyl (C=O) groups excluding carboxylic acids is 1. The first kappa shape index (κ1) is 13.4. The maximum Gasteiger partial charge on any atom is 0.412 e. The number of nitriles is 1. The van der Waals surface area contributed by atoms with Gasteiger partial charge in [0.2, 0.25) is 0 Å². The van der Waals surface area contributed by atoms with Crippen molar-refractivity contribution >= 4 is 11.8 Å². The molecule has 19 heavy (non-hydrogen) atoms. The quantitative estimate of drug-likeness (QED) is 0.878. The van der Waals surface area contributed by atoms with E-state index in [-0.39, 0.29) is 0 Å². The molecule has 1 aliphatic carbocycles. The molecule has 1 aliphatic rings. The number of nitrogens with one attached hydrogen (secondary N) is 1. The molecule has 4 heteroatoms. The maximum absolute atomic E-state index is 11.8. The summed E-state index contributed by atoms with van der Waals surface area (Å²) in [4.78, 5) is 11.8. The van der Waals surface area contributed by atoms with Crippen LogP contribution in [0.4, 0.5) is 10.5 Å². The largest absolute Gasteiger partial charge is 0.444 e. The van der Waals surface area contributed by atoms with Crippen LogP contribution in [-0.2, 0) is 4.74 Å². The van der Waals surface area contributed by atoms with E-state index in [1.54, 1.807) is 12.1 Å². The average molecular weight is 258 g/mol. The topological polar surface area (TPSA) is 62.1 Å². The van der Waals surface area contributed by atoms with Crippen LogP contribution in [0.1, 0.15) is 50.7 Å². The molecule has 1 amide bonds. The number of hydrogen-bond donors (Lipinski definition) is 1. The molecule has 1 aromatic carbocycles. The van der Waals surface area contributed by atoms with E-state index >= 15 is 0 Å². The van der Waals surface area contributed by atoms with Crippen molar-refractivity contribution in [3.63, 3.8) is 0 Å². The molecule has 1 aromatic rings. The molecule has 0 spiro atoms. The Balaban J connectivity index is 2.16. The average Bonchev–Trinajstić information content (AvgIpc) is 3.10. The van der Waals surface area contributed by atoms with Gasteiger partial charge in [0.25, 0.3) is 0 Å². The van der Waals surface area contributed by atoms with E-state index in [4.69, 9.17) is 10.00 Å². The van der Waals surface area contributed by atoms with E-state index in [2.05, 4.69) is 11.4 Å². The first-order valence-corrected chi connectivity index (χ1v) is 6.43. The molecular weight excluding hydrogens is 240 g/mol. The Morgan fingerprint density at radius 2 is 2.11 bits per heavy atom. The number of rotatable bonds is 2. The van der Waals surface area contributed by atoms with Crippen LogP contribution in [-0.4, -0.2) is 11.7 Å². The lowest BCUT2D eigenvalue weighted by atomic mass is 10.1. The van der Waals surface area contributed by atoms with Crippen molar-refractivity contribution in [2.24, 2.45) is 0 Å². The Hall–Kier alpha value is -2.02.